The maximum absolute atomic E-state index is 12.0. The Labute approximate surface area is 97.6 Å². The van der Waals surface area contributed by atoms with Crippen molar-refractivity contribution in [3.63, 3.8) is 0 Å². The SMILES string of the molecule is COc1ccc(C(=O)c2cn[nH]n2)c(OC)c1. The van der Waals surface area contributed by atoms with E-state index in [4.69, 9.17) is 9.47 Å². The zero-order valence-corrected chi connectivity index (χ0v) is 9.43. The van der Waals surface area contributed by atoms with E-state index in [-0.39, 0.29) is 11.5 Å². The molecule has 0 unspecified atom stereocenters. The maximum Gasteiger partial charge on any atom is 0.218 e. The van der Waals surface area contributed by atoms with Crippen LogP contribution < -0.4 is 9.47 Å². The van der Waals surface area contributed by atoms with Gasteiger partial charge in [0.2, 0.25) is 5.78 Å². The van der Waals surface area contributed by atoms with E-state index in [0.717, 1.165) is 0 Å². The summed E-state index contributed by atoms with van der Waals surface area (Å²) in [7, 11) is 3.04. The second-order valence-electron chi connectivity index (χ2n) is 3.25. The molecular formula is C11H11N3O3. The molecule has 1 N–H and O–H groups in total. The van der Waals surface area contributed by atoms with Gasteiger partial charge in [-0.15, -0.1) is 0 Å². The summed E-state index contributed by atoms with van der Waals surface area (Å²) in [4.78, 5) is 12.0. The molecule has 88 valence electrons. The lowest BCUT2D eigenvalue weighted by molar-refractivity contribution is 0.103. The van der Waals surface area contributed by atoms with Crippen molar-refractivity contribution in [3.05, 3.63) is 35.7 Å². The zero-order chi connectivity index (χ0) is 12.3. The van der Waals surface area contributed by atoms with Crippen molar-refractivity contribution in [2.24, 2.45) is 0 Å². The van der Waals surface area contributed by atoms with Gasteiger partial charge < -0.3 is 9.47 Å². The third-order valence-corrected chi connectivity index (χ3v) is 2.30. The number of aromatic nitrogens is 3. The molecule has 0 amide bonds. The average Bonchev–Trinajstić information content (AvgIpc) is 2.91. The third-order valence-electron chi connectivity index (χ3n) is 2.30. The van der Waals surface area contributed by atoms with Crippen molar-refractivity contribution in [1.82, 2.24) is 15.4 Å². The predicted molar refractivity (Wildman–Crippen MR) is 59.4 cm³/mol. The Morgan fingerprint density at radius 1 is 1.29 bits per heavy atom. The minimum atomic E-state index is -0.252. The minimum Gasteiger partial charge on any atom is -0.497 e. The number of ketones is 1. The van der Waals surface area contributed by atoms with Crippen LogP contribution in [0.5, 0.6) is 11.5 Å². The highest BCUT2D eigenvalue weighted by atomic mass is 16.5. The molecule has 0 aliphatic carbocycles. The lowest BCUT2D eigenvalue weighted by Gasteiger charge is -2.08. The first-order chi connectivity index (χ1) is 8.26. The molecule has 0 bridgehead atoms. The van der Waals surface area contributed by atoms with Gasteiger partial charge in [-0.2, -0.15) is 15.4 Å². The van der Waals surface area contributed by atoms with Gasteiger partial charge in [-0.3, -0.25) is 4.79 Å². The molecule has 2 rings (SSSR count). The molecular weight excluding hydrogens is 222 g/mol. The van der Waals surface area contributed by atoms with Gasteiger partial charge in [-0.25, -0.2) is 0 Å². The summed E-state index contributed by atoms with van der Waals surface area (Å²) in [6.45, 7) is 0. The first-order valence-corrected chi connectivity index (χ1v) is 4.88. The Hall–Kier alpha value is -2.37. The number of nitrogens with one attached hydrogen (secondary N) is 1. The number of H-pyrrole nitrogens is 1. The van der Waals surface area contributed by atoms with Crippen LogP contribution in [-0.4, -0.2) is 35.4 Å². The topological polar surface area (TPSA) is 77.1 Å². The highest BCUT2D eigenvalue weighted by Gasteiger charge is 2.17. The van der Waals surface area contributed by atoms with Crippen LogP contribution in [0, 0.1) is 0 Å². The van der Waals surface area contributed by atoms with Crippen molar-refractivity contribution in [1.29, 1.82) is 0 Å². The fourth-order valence-corrected chi connectivity index (χ4v) is 1.44. The zero-order valence-electron chi connectivity index (χ0n) is 9.43. The fourth-order valence-electron chi connectivity index (χ4n) is 1.44. The number of hydrogen-bond donors (Lipinski definition) is 1. The summed E-state index contributed by atoms with van der Waals surface area (Å²) in [6, 6.07) is 4.97. The third kappa shape index (κ3) is 2.10. The highest BCUT2D eigenvalue weighted by Crippen LogP contribution is 2.26. The average molecular weight is 233 g/mol. The quantitative estimate of drug-likeness (QED) is 0.799. The number of aromatic amines is 1. The molecule has 2 aromatic rings. The number of methoxy groups -OCH3 is 2. The van der Waals surface area contributed by atoms with Crippen molar-refractivity contribution in [2.75, 3.05) is 14.2 Å². The van der Waals surface area contributed by atoms with E-state index < -0.39 is 0 Å². The number of carbonyl (C=O) groups is 1. The van der Waals surface area contributed by atoms with E-state index in [1.165, 1.54) is 13.3 Å². The summed E-state index contributed by atoms with van der Waals surface area (Å²) >= 11 is 0. The molecule has 6 heteroatoms. The molecule has 1 aromatic heterocycles. The number of benzene rings is 1. The second kappa shape index (κ2) is 4.65. The van der Waals surface area contributed by atoms with E-state index in [1.54, 1.807) is 25.3 Å². The van der Waals surface area contributed by atoms with Crippen LogP contribution in [-0.2, 0) is 0 Å². The van der Waals surface area contributed by atoms with E-state index >= 15 is 0 Å². The van der Waals surface area contributed by atoms with Crippen LogP contribution in [0.25, 0.3) is 0 Å². The standard InChI is InChI=1S/C11H11N3O3/c1-16-7-3-4-8(10(5-7)17-2)11(15)9-6-12-14-13-9/h3-6H,1-2H3,(H,12,13,14). The second-order valence-corrected chi connectivity index (χ2v) is 3.25. The van der Waals surface area contributed by atoms with Gasteiger partial charge in [-0.1, -0.05) is 0 Å². The lowest BCUT2D eigenvalue weighted by Crippen LogP contribution is -2.04. The molecule has 0 aliphatic heterocycles. The highest BCUT2D eigenvalue weighted by molar-refractivity contribution is 6.09. The first-order valence-electron chi connectivity index (χ1n) is 4.88. The fraction of sp³-hybridized carbons (Fsp3) is 0.182. The molecule has 0 saturated heterocycles. The van der Waals surface area contributed by atoms with Crippen molar-refractivity contribution in [3.8, 4) is 11.5 Å². The van der Waals surface area contributed by atoms with Crippen molar-refractivity contribution < 1.29 is 14.3 Å². The Morgan fingerprint density at radius 3 is 2.71 bits per heavy atom. The number of rotatable bonds is 4. The number of ether oxygens (including phenoxy) is 2. The number of nitrogens with zero attached hydrogens (tertiary/aromatic N) is 2. The van der Waals surface area contributed by atoms with E-state index in [2.05, 4.69) is 15.4 Å². The van der Waals surface area contributed by atoms with Crippen LogP contribution in [0.1, 0.15) is 16.1 Å². The van der Waals surface area contributed by atoms with Crippen LogP contribution in [0.2, 0.25) is 0 Å². The summed E-state index contributed by atoms with van der Waals surface area (Å²) in [5, 5.41) is 9.73. The summed E-state index contributed by atoms with van der Waals surface area (Å²) in [5.74, 6) is 0.814. The molecule has 17 heavy (non-hydrogen) atoms. The monoisotopic (exact) mass is 233 g/mol. The first kappa shape index (κ1) is 11.1. The molecule has 6 nitrogen and oxygen atoms in total. The summed E-state index contributed by atoms with van der Waals surface area (Å²) < 4.78 is 10.2. The molecule has 0 saturated carbocycles. The van der Waals surface area contributed by atoms with E-state index in [0.29, 0.717) is 17.1 Å². The van der Waals surface area contributed by atoms with Gasteiger partial charge >= 0.3 is 0 Å². The van der Waals surface area contributed by atoms with Crippen LogP contribution in [0.4, 0.5) is 0 Å². The smallest absolute Gasteiger partial charge is 0.218 e. The Morgan fingerprint density at radius 2 is 2.12 bits per heavy atom. The Kier molecular flexibility index (Phi) is 3.04. The van der Waals surface area contributed by atoms with Gasteiger partial charge in [0.25, 0.3) is 0 Å². The minimum absolute atomic E-state index is 0.244. The molecule has 0 aliphatic rings. The van der Waals surface area contributed by atoms with Gasteiger partial charge in [-0.05, 0) is 12.1 Å². The lowest BCUT2D eigenvalue weighted by atomic mass is 10.1. The van der Waals surface area contributed by atoms with Gasteiger partial charge in [0, 0.05) is 6.07 Å². The largest absolute Gasteiger partial charge is 0.497 e. The van der Waals surface area contributed by atoms with Gasteiger partial charge in [0.05, 0.1) is 26.0 Å². The maximum atomic E-state index is 12.0. The van der Waals surface area contributed by atoms with E-state index in [9.17, 15) is 4.79 Å². The van der Waals surface area contributed by atoms with Crippen LogP contribution >= 0.6 is 0 Å². The molecule has 0 spiro atoms. The summed E-state index contributed by atoms with van der Waals surface area (Å²) in [5.41, 5.74) is 0.663. The molecule has 0 atom stereocenters. The van der Waals surface area contributed by atoms with Gasteiger partial charge in [0.15, 0.2) is 5.69 Å². The molecule has 0 radical (unpaired) electrons. The number of carbonyl (C=O) groups excluding carboxylic acids is 1. The Balaban J connectivity index is 2.41. The van der Waals surface area contributed by atoms with E-state index in [1.807, 2.05) is 0 Å². The summed E-state index contributed by atoms with van der Waals surface area (Å²) in [6.07, 6.45) is 1.37. The predicted octanol–water partition coefficient (Wildman–Crippen LogP) is 1.05. The molecule has 1 heterocycles. The van der Waals surface area contributed by atoms with Crippen LogP contribution in [0.3, 0.4) is 0 Å². The number of hydrogen-bond acceptors (Lipinski definition) is 5. The Bertz CT molecular complexity index is 523. The molecule has 0 fully saturated rings. The normalized spacial score (nSPS) is 10.0. The van der Waals surface area contributed by atoms with Crippen molar-refractivity contribution >= 4 is 5.78 Å². The van der Waals surface area contributed by atoms with Crippen LogP contribution in [0.15, 0.2) is 24.4 Å². The van der Waals surface area contributed by atoms with Gasteiger partial charge in [0.1, 0.15) is 11.5 Å². The van der Waals surface area contributed by atoms with Crippen molar-refractivity contribution in [2.45, 2.75) is 0 Å². The molecule has 1 aromatic carbocycles.